The first-order chi connectivity index (χ1) is 16.5. The average Bonchev–Trinajstić information content (AvgIpc) is 3.59. The summed E-state index contributed by atoms with van der Waals surface area (Å²) in [4.78, 5) is 17.6. The van der Waals surface area contributed by atoms with Gasteiger partial charge in [0, 0.05) is 11.6 Å². The highest BCUT2D eigenvalue weighted by molar-refractivity contribution is 5.92. The molecule has 5 rings (SSSR count). The second-order valence-electron chi connectivity index (χ2n) is 9.06. The number of benzene rings is 2. The van der Waals surface area contributed by atoms with E-state index in [1.807, 2.05) is 50.5 Å². The van der Waals surface area contributed by atoms with Crippen molar-refractivity contribution in [2.45, 2.75) is 51.6 Å². The third kappa shape index (κ3) is 4.40. The van der Waals surface area contributed by atoms with Crippen molar-refractivity contribution in [2.75, 3.05) is 0 Å². The number of aromatic nitrogens is 2. The maximum atomic E-state index is 13.5. The smallest absolute Gasteiger partial charge is 0.287 e. The molecule has 0 spiro atoms. The topological polar surface area (TPSA) is 60.1 Å². The number of rotatable bonds is 6. The summed E-state index contributed by atoms with van der Waals surface area (Å²) < 4.78 is 21.8. The lowest BCUT2D eigenvalue weighted by atomic mass is 10.1. The number of carbonyl (C=O) groups is 1. The summed E-state index contributed by atoms with van der Waals surface area (Å²) in [6, 6.07) is 18.1. The molecule has 1 atom stereocenters. The van der Waals surface area contributed by atoms with Gasteiger partial charge >= 0.3 is 0 Å². The highest BCUT2D eigenvalue weighted by Gasteiger charge is 2.26. The molecule has 0 saturated heterocycles. The van der Waals surface area contributed by atoms with E-state index in [4.69, 9.17) is 4.42 Å². The van der Waals surface area contributed by atoms with E-state index in [0.717, 1.165) is 35.4 Å². The fourth-order valence-electron chi connectivity index (χ4n) is 4.68. The number of furan rings is 1. The third-order valence-electron chi connectivity index (χ3n) is 6.62. The van der Waals surface area contributed by atoms with Crippen LogP contribution in [0.4, 0.5) is 4.39 Å². The highest BCUT2D eigenvalue weighted by Crippen LogP contribution is 2.39. The van der Waals surface area contributed by atoms with Crippen molar-refractivity contribution < 1.29 is 13.6 Å². The maximum Gasteiger partial charge on any atom is 0.287 e. The summed E-state index contributed by atoms with van der Waals surface area (Å²) in [5, 5.41) is 3.02. The van der Waals surface area contributed by atoms with E-state index in [9.17, 15) is 9.18 Å². The second kappa shape index (κ2) is 9.29. The number of hydrogen-bond donors (Lipinski definition) is 1. The van der Waals surface area contributed by atoms with Crippen LogP contribution in [0, 0.1) is 12.7 Å². The van der Waals surface area contributed by atoms with E-state index in [2.05, 4.69) is 14.9 Å². The van der Waals surface area contributed by atoms with Gasteiger partial charge in [0.05, 0.1) is 18.1 Å². The Morgan fingerprint density at radius 1 is 1.06 bits per heavy atom. The predicted octanol–water partition coefficient (Wildman–Crippen LogP) is 6.86. The first-order valence-corrected chi connectivity index (χ1v) is 11.8. The molecule has 6 heteroatoms. The van der Waals surface area contributed by atoms with Crippen molar-refractivity contribution in [1.29, 1.82) is 0 Å². The Labute approximate surface area is 198 Å². The molecule has 0 aliphatic heterocycles. The quantitative estimate of drug-likeness (QED) is 0.344. The summed E-state index contributed by atoms with van der Waals surface area (Å²) in [7, 11) is 0. The minimum absolute atomic E-state index is 0.152. The fraction of sp³-hybridized carbons (Fsp3) is 0.286. The van der Waals surface area contributed by atoms with Crippen LogP contribution >= 0.6 is 0 Å². The van der Waals surface area contributed by atoms with Gasteiger partial charge in [-0.25, -0.2) is 9.37 Å². The van der Waals surface area contributed by atoms with Gasteiger partial charge in [0.2, 0.25) is 0 Å². The molecule has 4 aromatic rings. The van der Waals surface area contributed by atoms with Crippen LogP contribution in [-0.4, -0.2) is 15.5 Å². The molecule has 1 fully saturated rings. The minimum Gasteiger partial charge on any atom is -0.449 e. The first kappa shape index (κ1) is 22.1. The van der Waals surface area contributed by atoms with Gasteiger partial charge in [-0.3, -0.25) is 4.79 Å². The van der Waals surface area contributed by atoms with Crippen LogP contribution in [0.5, 0.6) is 0 Å². The van der Waals surface area contributed by atoms with E-state index >= 15 is 0 Å². The van der Waals surface area contributed by atoms with Gasteiger partial charge in [0.1, 0.15) is 11.5 Å². The van der Waals surface area contributed by atoms with E-state index in [0.29, 0.717) is 11.8 Å². The van der Waals surface area contributed by atoms with Crippen molar-refractivity contribution in [2.24, 2.45) is 0 Å². The molecule has 2 aromatic carbocycles. The van der Waals surface area contributed by atoms with Gasteiger partial charge in [-0.15, -0.1) is 0 Å². The number of halogens is 1. The molecule has 1 saturated carbocycles. The van der Waals surface area contributed by atoms with Gasteiger partial charge in [-0.2, -0.15) is 0 Å². The van der Waals surface area contributed by atoms with E-state index in [-0.39, 0.29) is 23.5 Å². The van der Waals surface area contributed by atoms with Crippen LogP contribution in [0.15, 0.2) is 71.4 Å². The number of hydrogen-bond acceptors (Lipinski definition) is 3. The van der Waals surface area contributed by atoms with Crippen molar-refractivity contribution in [3.05, 3.63) is 89.7 Å². The molecule has 1 aliphatic carbocycles. The van der Waals surface area contributed by atoms with Crippen LogP contribution in [0.2, 0.25) is 0 Å². The second-order valence-corrected chi connectivity index (χ2v) is 9.06. The van der Waals surface area contributed by atoms with Gasteiger partial charge in [-0.1, -0.05) is 42.7 Å². The molecule has 34 heavy (non-hydrogen) atoms. The van der Waals surface area contributed by atoms with Crippen LogP contribution < -0.4 is 5.32 Å². The Bertz CT molecular complexity index is 1280. The molecular weight excluding hydrogens is 429 g/mol. The molecule has 1 N–H and O–H groups in total. The summed E-state index contributed by atoms with van der Waals surface area (Å²) in [6.07, 6.45) is 6.35. The van der Waals surface area contributed by atoms with E-state index in [1.54, 1.807) is 18.2 Å². The number of carbonyl (C=O) groups excluding carboxylic acids is 1. The SMILES string of the molecule is Cc1ccc(C(C)NC(=O)c2ccc(-c3c(-c4ccc(F)cc4)ncn3C3CCCC3)o2)cc1. The molecule has 174 valence electrons. The summed E-state index contributed by atoms with van der Waals surface area (Å²) in [6.45, 7) is 3.99. The monoisotopic (exact) mass is 457 g/mol. The number of nitrogens with one attached hydrogen (secondary N) is 1. The predicted molar refractivity (Wildman–Crippen MR) is 130 cm³/mol. The molecule has 0 bridgehead atoms. The zero-order valence-electron chi connectivity index (χ0n) is 19.4. The molecule has 0 radical (unpaired) electrons. The summed E-state index contributed by atoms with van der Waals surface area (Å²) >= 11 is 0. The maximum absolute atomic E-state index is 13.5. The Hall–Kier alpha value is -3.67. The lowest BCUT2D eigenvalue weighted by Gasteiger charge is -2.15. The lowest BCUT2D eigenvalue weighted by molar-refractivity contribution is 0.0912. The lowest BCUT2D eigenvalue weighted by Crippen LogP contribution is -2.26. The van der Waals surface area contributed by atoms with Gasteiger partial charge in [0.25, 0.3) is 5.91 Å². The number of imidazole rings is 1. The molecule has 1 unspecified atom stereocenters. The first-order valence-electron chi connectivity index (χ1n) is 11.8. The highest BCUT2D eigenvalue weighted by atomic mass is 19.1. The van der Waals surface area contributed by atoms with Crippen LogP contribution in [0.3, 0.4) is 0 Å². The van der Waals surface area contributed by atoms with Crippen LogP contribution in [-0.2, 0) is 0 Å². The van der Waals surface area contributed by atoms with Gasteiger partial charge in [0.15, 0.2) is 11.5 Å². The Morgan fingerprint density at radius 3 is 2.47 bits per heavy atom. The van der Waals surface area contributed by atoms with Crippen LogP contribution in [0.25, 0.3) is 22.7 Å². The average molecular weight is 458 g/mol. The Kier molecular flexibility index (Phi) is 6.05. The zero-order valence-corrected chi connectivity index (χ0v) is 19.4. The molecular formula is C28H28FN3O2. The fourth-order valence-corrected chi connectivity index (χ4v) is 4.68. The van der Waals surface area contributed by atoms with Gasteiger partial charge in [-0.05, 0) is 68.7 Å². The molecule has 2 heterocycles. The summed E-state index contributed by atoms with van der Waals surface area (Å²) in [5.74, 6) is 0.268. The van der Waals surface area contributed by atoms with Gasteiger partial charge < -0.3 is 14.3 Å². The number of aryl methyl sites for hydroxylation is 1. The largest absolute Gasteiger partial charge is 0.449 e. The van der Waals surface area contributed by atoms with E-state index < -0.39 is 0 Å². The van der Waals surface area contributed by atoms with Crippen molar-refractivity contribution in [3.63, 3.8) is 0 Å². The minimum atomic E-state index is -0.292. The van der Waals surface area contributed by atoms with Crippen LogP contribution in [0.1, 0.15) is 66.4 Å². The third-order valence-corrected chi connectivity index (χ3v) is 6.62. The van der Waals surface area contributed by atoms with E-state index in [1.165, 1.54) is 30.5 Å². The van der Waals surface area contributed by atoms with Crippen molar-refractivity contribution >= 4 is 5.91 Å². The standard InChI is InChI=1S/C28H28FN3O2/c1-18-7-9-20(10-8-18)19(2)31-28(33)25-16-15-24(34-25)27-26(21-11-13-22(29)14-12-21)30-17-32(27)23-5-3-4-6-23/h7-17,19,23H,3-6H2,1-2H3,(H,31,33). The molecule has 1 aliphatic rings. The summed E-state index contributed by atoms with van der Waals surface area (Å²) in [5.41, 5.74) is 4.56. The Balaban J connectivity index is 1.45. The zero-order chi connectivity index (χ0) is 23.7. The van der Waals surface area contributed by atoms with Crippen molar-refractivity contribution in [1.82, 2.24) is 14.9 Å². The normalized spacial score (nSPS) is 14.9. The van der Waals surface area contributed by atoms with Crippen molar-refractivity contribution in [3.8, 4) is 22.7 Å². The number of nitrogens with zero attached hydrogens (tertiary/aromatic N) is 2. The molecule has 5 nitrogen and oxygen atoms in total. The molecule has 1 amide bonds. The number of amides is 1. The Morgan fingerprint density at radius 2 is 1.76 bits per heavy atom. The molecule has 2 aromatic heterocycles.